The van der Waals surface area contributed by atoms with Gasteiger partial charge in [0, 0.05) is 5.56 Å². The zero-order valence-electron chi connectivity index (χ0n) is 7.78. The fraction of sp³-hybridized carbons (Fsp3) is 0.0909. The number of aromatic amines is 1. The Kier molecular flexibility index (Phi) is 2.04. The van der Waals surface area contributed by atoms with Gasteiger partial charge in [0.05, 0.1) is 23.0 Å². The molecule has 1 N–H and O–H groups in total. The fourth-order valence-electron chi connectivity index (χ4n) is 1.33. The molecule has 3 nitrogen and oxygen atoms in total. The van der Waals surface area contributed by atoms with Gasteiger partial charge < -0.3 is 0 Å². The first-order valence-electron chi connectivity index (χ1n) is 4.32. The van der Waals surface area contributed by atoms with E-state index in [1.807, 2.05) is 31.2 Å². The van der Waals surface area contributed by atoms with Gasteiger partial charge in [0.1, 0.15) is 0 Å². The van der Waals surface area contributed by atoms with Crippen molar-refractivity contribution in [1.82, 2.24) is 10.2 Å². The molecule has 0 aliphatic heterocycles. The Balaban J connectivity index is 2.47. The summed E-state index contributed by atoms with van der Waals surface area (Å²) in [4.78, 5) is 0. The Labute approximate surface area is 82.0 Å². The van der Waals surface area contributed by atoms with Crippen LogP contribution in [-0.2, 0) is 0 Å². The molecule has 0 saturated carbocycles. The van der Waals surface area contributed by atoms with Gasteiger partial charge in [-0.05, 0) is 25.1 Å². The minimum absolute atomic E-state index is 0.662. The molecular formula is C11H9N3. The van der Waals surface area contributed by atoms with Crippen LogP contribution in [0.4, 0.5) is 0 Å². The summed E-state index contributed by atoms with van der Waals surface area (Å²) in [6, 6.07) is 11.5. The molecule has 0 fully saturated rings. The second-order valence-electron chi connectivity index (χ2n) is 3.12. The molecule has 2 aromatic rings. The Morgan fingerprint density at radius 3 is 2.86 bits per heavy atom. The summed E-state index contributed by atoms with van der Waals surface area (Å²) < 4.78 is 0. The van der Waals surface area contributed by atoms with Crippen molar-refractivity contribution in [3.63, 3.8) is 0 Å². The van der Waals surface area contributed by atoms with Gasteiger partial charge in [-0.2, -0.15) is 10.4 Å². The first kappa shape index (κ1) is 8.52. The molecule has 0 radical (unpaired) electrons. The van der Waals surface area contributed by atoms with Crippen molar-refractivity contribution in [2.45, 2.75) is 6.92 Å². The van der Waals surface area contributed by atoms with Crippen molar-refractivity contribution >= 4 is 0 Å². The van der Waals surface area contributed by atoms with E-state index >= 15 is 0 Å². The Morgan fingerprint density at radius 1 is 1.36 bits per heavy atom. The topological polar surface area (TPSA) is 52.5 Å². The maximum Gasteiger partial charge on any atom is 0.0991 e. The molecule has 1 aromatic carbocycles. The van der Waals surface area contributed by atoms with Crippen LogP contribution in [-0.4, -0.2) is 10.2 Å². The third kappa shape index (κ3) is 1.50. The second kappa shape index (κ2) is 3.35. The molecule has 14 heavy (non-hydrogen) atoms. The first-order valence-corrected chi connectivity index (χ1v) is 4.32. The van der Waals surface area contributed by atoms with Crippen LogP contribution < -0.4 is 0 Å². The molecule has 0 amide bonds. The minimum atomic E-state index is 0.662. The van der Waals surface area contributed by atoms with Gasteiger partial charge in [0.2, 0.25) is 0 Å². The average Bonchev–Trinajstić information content (AvgIpc) is 2.65. The lowest BCUT2D eigenvalue weighted by Gasteiger charge is -1.96. The number of nitrogens with zero attached hydrogens (tertiary/aromatic N) is 2. The van der Waals surface area contributed by atoms with Gasteiger partial charge in [-0.3, -0.25) is 5.10 Å². The number of aryl methyl sites for hydroxylation is 1. The van der Waals surface area contributed by atoms with Gasteiger partial charge in [-0.25, -0.2) is 0 Å². The first-order chi connectivity index (χ1) is 6.79. The predicted molar refractivity (Wildman–Crippen MR) is 53.5 cm³/mol. The highest BCUT2D eigenvalue weighted by atomic mass is 15.1. The van der Waals surface area contributed by atoms with Gasteiger partial charge >= 0.3 is 0 Å². The molecule has 0 bridgehead atoms. The largest absolute Gasteiger partial charge is 0.278 e. The number of hydrogen-bond donors (Lipinski definition) is 1. The minimum Gasteiger partial charge on any atom is -0.278 e. The number of aromatic nitrogens is 2. The van der Waals surface area contributed by atoms with Crippen LogP contribution in [0.15, 0.2) is 30.3 Å². The highest BCUT2D eigenvalue weighted by Crippen LogP contribution is 2.18. The summed E-state index contributed by atoms with van der Waals surface area (Å²) in [5.74, 6) is 0. The van der Waals surface area contributed by atoms with E-state index < -0.39 is 0 Å². The van der Waals surface area contributed by atoms with Crippen molar-refractivity contribution < 1.29 is 0 Å². The van der Waals surface area contributed by atoms with E-state index in [0.717, 1.165) is 17.0 Å². The number of hydrogen-bond acceptors (Lipinski definition) is 2. The van der Waals surface area contributed by atoms with E-state index in [2.05, 4.69) is 16.3 Å². The van der Waals surface area contributed by atoms with Crippen molar-refractivity contribution in [2.75, 3.05) is 0 Å². The molecule has 0 aliphatic rings. The Bertz CT molecular complexity index is 491. The van der Waals surface area contributed by atoms with Crippen LogP contribution in [0.3, 0.4) is 0 Å². The zero-order valence-corrected chi connectivity index (χ0v) is 7.78. The maximum atomic E-state index is 8.74. The van der Waals surface area contributed by atoms with E-state index in [-0.39, 0.29) is 0 Å². The number of nitriles is 1. The fourth-order valence-corrected chi connectivity index (χ4v) is 1.33. The van der Waals surface area contributed by atoms with Crippen molar-refractivity contribution in [3.8, 4) is 17.3 Å². The van der Waals surface area contributed by atoms with Gasteiger partial charge in [0.25, 0.3) is 0 Å². The Morgan fingerprint density at radius 2 is 2.21 bits per heavy atom. The third-order valence-electron chi connectivity index (χ3n) is 2.01. The summed E-state index contributed by atoms with van der Waals surface area (Å²) in [5.41, 5.74) is 3.54. The number of benzene rings is 1. The molecule has 0 atom stereocenters. The second-order valence-corrected chi connectivity index (χ2v) is 3.12. The molecule has 3 heteroatoms. The molecule has 0 spiro atoms. The lowest BCUT2D eigenvalue weighted by molar-refractivity contribution is 1.05. The van der Waals surface area contributed by atoms with Gasteiger partial charge in [0.15, 0.2) is 0 Å². The maximum absolute atomic E-state index is 8.74. The quantitative estimate of drug-likeness (QED) is 0.737. The van der Waals surface area contributed by atoms with Gasteiger partial charge in [-0.1, -0.05) is 12.1 Å². The highest BCUT2D eigenvalue weighted by molar-refractivity contribution is 5.61. The van der Waals surface area contributed by atoms with E-state index in [0.29, 0.717) is 5.56 Å². The number of H-pyrrole nitrogens is 1. The van der Waals surface area contributed by atoms with Gasteiger partial charge in [-0.15, -0.1) is 0 Å². The normalized spacial score (nSPS) is 9.71. The van der Waals surface area contributed by atoms with Crippen LogP contribution in [0.25, 0.3) is 11.3 Å². The summed E-state index contributed by atoms with van der Waals surface area (Å²) in [5, 5.41) is 15.7. The summed E-state index contributed by atoms with van der Waals surface area (Å²) >= 11 is 0. The lowest BCUT2D eigenvalue weighted by Crippen LogP contribution is -1.79. The SMILES string of the molecule is Cc1cc(-c2cccc(C#N)c2)[nH]n1. The Hall–Kier alpha value is -2.08. The third-order valence-corrected chi connectivity index (χ3v) is 2.01. The summed E-state index contributed by atoms with van der Waals surface area (Å²) in [6.07, 6.45) is 0. The zero-order chi connectivity index (χ0) is 9.97. The molecule has 2 rings (SSSR count). The van der Waals surface area contributed by atoms with E-state index in [9.17, 15) is 0 Å². The average molecular weight is 183 g/mol. The van der Waals surface area contributed by atoms with Crippen LogP contribution in [0.5, 0.6) is 0 Å². The monoisotopic (exact) mass is 183 g/mol. The van der Waals surface area contributed by atoms with Crippen molar-refractivity contribution in [1.29, 1.82) is 5.26 Å². The number of rotatable bonds is 1. The van der Waals surface area contributed by atoms with Crippen LogP contribution in [0, 0.1) is 18.3 Å². The molecule has 0 aliphatic carbocycles. The smallest absolute Gasteiger partial charge is 0.0991 e. The predicted octanol–water partition coefficient (Wildman–Crippen LogP) is 2.26. The highest BCUT2D eigenvalue weighted by Gasteiger charge is 2.01. The van der Waals surface area contributed by atoms with Crippen molar-refractivity contribution in [2.24, 2.45) is 0 Å². The summed E-state index contributed by atoms with van der Waals surface area (Å²) in [6.45, 7) is 1.92. The van der Waals surface area contributed by atoms with Crippen LogP contribution in [0.1, 0.15) is 11.3 Å². The lowest BCUT2D eigenvalue weighted by atomic mass is 10.1. The summed E-state index contributed by atoms with van der Waals surface area (Å²) in [7, 11) is 0. The molecule has 68 valence electrons. The standard InChI is InChI=1S/C11H9N3/c1-8-5-11(14-13-8)10-4-2-3-9(6-10)7-12/h2-6H,1H3,(H,13,14). The van der Waals surface area contributed by atoms with Crippen LogP contribution in [0.2, 0.25) is 0 Å². The molecule has 0 unspecified atom stereocenters. The van der Waals surface area contributed by atoms with E-state index in [4.69, 9.17) is 5.26 Å². The van der Waals surface area contributed by atoms with E-state index in [1.165, 1.54) is 0 Å². The molecular weight excluding hydrogens is 174 g/mol. The van der Waals surface area contributed by atoms with Crippen LogP contribution >= 0.6 is 0 Å². The van der Waals surface area contributed by atoms with Crippen molar-refractivity contribution in [3.05, 3.63) is 41.6 Å². The van der Waals surface area contributed by atoms with E-state index in [1.54, 1.807) is 6.07 Å². The molecule has 0 saturated heterocycles. The number of nitrogens with one attached hydrogen (secondary N) is 1. The molecule has 1 aromatic heterocycles. The molecule has 1 heterocycles.